The van der Waals surface area contributed by atoms with Gasteiger partial charge in [0.2, 0.25) is 5.75 Å². The summed E-state index contributed by atoms with van der Waals surface area (Å²) in [4.78, 5) is 25.3. The summed E-state index contributed by atoms with van der Waals surface area (Å²) in [6.07, 6.45) is 1.62. The Bertz CT molecular complexity index is 1130. The van der Waals surface area contributed by atoms with E-state index in [0.29, 0.717) is 11.3 Å². The molecule has 3 aromatic rings. The lowest BCUT2D eigenvalue weighted by molar-refractivity contribution is -0.394. The predicted octanol–water partition coefficient (Wildman–Crippen LogP) is 5.66. The van der Waals surface area contributed by atoms with Crippen LogP contribution in [0.15, 0.2) is 65.7 Å². The number of hydrogen-bond acceptors (Lipinski definition) is 6. The predicted molar refractivity (Wildman–Crippen MR) is 109 cm³/mol. The lowest BCUT2D eigenvalue weighted by Gasteiger charge is -2.09. The van der Waals surface area contributed by atoms with Gasteiger partial charge in [0.05, 0.1) is 21.6 Å². The number of nitro benzene ring substituents is 2. The van der Waals surface area contributed by atoms with Crippen molar-refractivity contribution in [1.29, 1.82) is 0 Å². The molecule has 0 unspecified atom stereocenters. The van der Waals surface area contributed by atoms with Gasteiger partial charge in [0.25, 0.3) is 5.69 Å². The summed E-state index contributed by atoms with van der Waals surface area (Å²) in [6, 6.07) is 16.0. The number of aryl methyl sites for hydroxylation is 1. The van der Waals surface area contributed by atoms with Gasteiger partial charge in [-0.1, -0.05) is 24.3 Å². The summed E-state index contributed by atoms with van der Waals surface area (Å²) in [5.41, 5.74) is 2.72. The van der Waals surface area contributed by atoms with E-state index >= 15 is 0 Å². The molecule has 0 aliphatic heterocycles. The molecule has 0 heterocycles. The van der Waals surface area contributed by atoms with Gasteiger partial charge in [-0.3, -0.25) is 25.2 Å². The Morgan fingerprint density at radius 3 is 2.38 bits per heavy atom. The van der Waals surface area contributed by atoms with E-state index in [-0.39, 0.29) is 11.4 Å². The van der Waals surface area contributed by atoms with Gasteiger partial charge in [-0.2, -0.15) is 0 Å². The van der Waals surface area contributed by atoms with Crippen LogP contribution in [-0.4, -0.2) is 16.1 Å². The highest BCUT2D eigenvalue weighted by molar-refractivity contribution is 5.86. The van der Waals surface area contributed by atoms with Gasteiger partial charge >= 0.3 is 5.69 Å². The third-order valence-corrected chi connectivity index (χ3v) is 4.41. The third kappa shape index (κ3) is 4.44. The maximum absolute atomic E-state index is 11.3. The molecule has 0 N–H and O–H groups in total. The van der Waals surface area contributed by atoms with Crippen LogP contribution in [0.4, 0.5) is 17.1 Å². The molecule has 0 saturated carbocycles. The van der Waals surface area contributed by atoms with Crippen LogP contribution in [0.25, 0.3) is 0 Å². The molecule has 146 valence electrons. The summed E-state index contributed by atoms with van der Waals surface area (Å²) >= 11 is 0. The van der Waals surface area contributed by atoms with Gasteiger partial charge in [-0.15, -0.1) is 0 Å². The summed E-state index contributed by atoms with van der Waals surface area (Å²) in [5, 5.41) is 22.2. The van der Waals surface area contributed by atoms with E-state index in [2.05, 4.69) is 4.99 Å². The molecule has 0 saturated heterocycles. The zero-order valence-corrected chi connectivity index (χ0v) is 15.7. The van der Waals surface area contributed by atoms with Gasteiger partial charge in [0.1, 0.15) is 5.75 Å². The van der Waals surface area contributed by atoms with Gasteiger partial charge in [0.15, 0.2) is 0 Å². The van der Waals surface area contributed by atoms with E-state index in [4.69, 9.17) is 4.74 Å². The average Bonchev–Trinajstić information content (AvgIpc) is 2.70. The van der Waals surface area contributed by atoms with E-state index < -0.39 is 15.5 Å². The minimum Gasteiger partial charge on any atom is -0.449 e. The quantitative estimate of drug-likeness (QED) is 0.306. The minimum absolute atomic E-state index is 0.0896. The molecule has 3 rings (SSSR count). The minimum atomic E-state index is -0.713. The van der Waals surface area contributed by atoms with E-state index in [1.54, 1.807) is 30.5 Å². The van der Waals surface area contributed by atoms with Gasteiger partial charge in [-0.05, 0) is 49.2 Å². The fraction of sp³-hybridized carbons (Fsp3) is 0.0952. The fourth-order valence-corrected chi connectivity index (χ4v) is 2.66. The number of nitro groups is 2. The first-order valence-corrected chi connectivity index (χ1v) is 8.67. The van der Waals surface area contributed by atoms with Crippen molar-refractivity contribution in [2.24, 2.45) is 4.99 Å². The highest BCUT2D eigenvalue weighted by atomic mass is 16.6. The van der Waals surface area contributed by atoms with Crippen LogP contribution in [-0.2, 0) is 0 Å². The van der Waals surface area contributed by atoms with E-state index in [9.17, 15) is 20.2 Å². The molecule has 8 heteroatoms. The van der Waals surface area contributed by atoms with Crippen molar-refractivity contribution < 1.29 is 14.6 Å². The molecule has 0 atom stereocenters. The zero-order valence-electron chi connectivity index (χ0n) is 15.7. The van der Waals surface area contributed by atoms with Crippen molar-refractivity contribution in [3.63, 3.8) is 0 Å². The Labute approximate surface area is 166 Å². The first-order valence-electron chi connectivity index (χ1n) is 8.67. The summed E-state index contributed by atoms with van der Waals surface area (Å²) in [6.45, 7) is 3.98. The van der Waals surface area contributed by atoms with Crippen LogP contribution < -0.4 is 4.74 Å². The number of rotatable bonds is 6. The Balaban J connectivity index is 1.96. The highest BCUT2D eigenvalue weighted by Crippen LogP contribution is 2.35. The molecule has 0 fully saturated rings. The second-order valence-electron chi connectivity index (χ2n) is 6.28. The Morgan fingerprint density at radius 2 is 1.66 bits per heavy atom. The van der Waals surface area contributed by atoms with Crippen LogP contribution in [0.3, 0.4) is 0 Å². The van der Waals surface area contributed by atoms with Crippen molar-refractivity contribution in [3.8, 4) is 11.5 Å². The molecule has 0 radical (unpaired) electrons. The summed E-state index contributed by atoms with van der Waals surface area (Å²) in [5.74, 6) is 0.256. The first kappa shape index (κ1) is 19.7. The third-order valence-electron chi connectivity index (χ3n) is 4.41. The number of nitrogens with zero attached hydrogens (tertiary/aromatic N) is 3. The van der Waals surface area contributed by atoms with E-state index in [1.807, 2.05) is 32.0 Å². The second kappa shape index (κ2) is 8.30. The van der Waals surface area contributed by atoms with Gasteiger partial charge in [-0.25, -0.2) is 0 Å². The summed E-state index contributed by atoms with van der Waals surface area (Å²) < 4.78 is 5.72. The number of non-ortho nitro benzene ring substituents is 1. The number of para-hydroxylation sites is 1. The van der Waals surface area contributed by atoms with Crippen molar-refractivity contribution in [1.82, 2.24) is 0 Å². The topological polar surface area (TPSA) is 108 Å². The molecular formula is C21H17N3O5. The second-order valence-corrected chi connectivity index (χ2v) is 6.28. The molecule has 8 nitrogen and oxygen atoms in total. The van der Waals surface area contributed by atoms with Crippen molar-refractivity contribution in [2.45, 2.75) is 13.8 Å². The van der Waals surface area contributed by atoms with Crippen LogP contribution in [0, 0.1) is 34.1 Å². The van der Waals surface area contributed by atoms with Crippen LogP contribution >= 0.6 is 0 Å². The molecule has 0 spiro atoms. The molecule has 0 bridgehead atoms. The maximum Gasteiger partial charge on any atom is 0.318 e. The number of benzene rings is 3. The molecule has 0 aliphatic rings. The lowest BCUT2D eigenvalue weighted by Crippen LogP contribution is -1.97. The molecule has 3 aromatic carbocycles. The van der Waals surface area contributed by atoms with Crippen LogP contribution in [0.5, 0.6) is 11.5 Å². The van der Waals surface area contributed by atoms with Crippen LogP contribution in [0.2, 0.25) is 0 Å². The maximum atomic E-state index is 11.3. The molecule has 29 heavy (non-hydrogen) atoms. The average molecular weight is 391 g/mol. The summed E-state index contributed by atoms with van der Waals surface area (Å²) in [7, 11) is 0. The fourth-order valence-electron chi connectivity index (χ4n) is 2.66. The lowest BCUT2D eigenvalue weighted by atomic mass is 10.1. The smallest absolute Gasteiger partial charge is 0.318 e. The normalized spacial score (nSPS) is 10.8. The SMILES string of the molecule is Cc1cccc(N=Cc2ccccc2Oc2ccc([N+](=O)[O-])cc2[N+](=O)[O-])c1C. The zero-order chi connectivity index (χ0) is 21.0. The van der Waals surface area contributed by atoms with Crippen LogP contribution in [0.1, 0.15) is 16.7 Å². The van der Waals surface area contributed by atoms with Crippen molar-refractivity contribution >= 4 is 23.3 Å². The first-order chi connectivity index (χ1) is 13.9. The molecule has 0 amide bonds. The van der Waals surface area contributed by atoms with E-state index in [1.165, 1.54) is 6.07 Å². The van der Waals surface area contributed by atoms with Gasteiger partial charge < -0.3 is 4.74 Å². The van der Waals surface area contributed by atoms with Crippen molar-refractivity contribution in [3.05, 3.63) is 97.6 Å². The monoisotopic (exact) mass is 391 g/mol. The Morgan fingerprint density at radius 1 is 0.897 bits per heavy atom. The Kier molecular flexibility index (Phi) is 5.64. The highest BCUT2D eigenvalue weighted by Gasteiger charge is 2.21. The van der Waals surface area contributed by atoms with Gasteiger partial charge in [0, 0.05) is 17.8 Å². The largest absolute Gasteiger partial charge is 0.449 e. The molecule has 0 aromatic heterocycles. The molecular weight excluding hydrogens is 374 g/mol. The standard InChI is InChI=1S/C21H17N3O5/c1-14-6-5-8-18(15(14)2)22-13-16-7-3-4-9-20(16)29-21-11-10-17(23(25)26)12-19(21)24(27)28/h3-13H,1-2H3. The number of aliphatic imine (C=N–C) groups is 1. The van der Waals surface area contributed by atoms with Crippen molar-refractivity contribution in [2.75, 3.05) is 0 Å². The molecule has 0 aliphatic carbocycles. The number of ether oxygens (including phenoxy) is 1. The Hall–Kier alpha value is -4.07. The number of hydrogen-bond donors (Lipinski definition) is 0. The van der Waals surface area contributed by atoms with E-state index in [0.717, 1.165) is 28.9 Å².